The highest BCUT2D eigenvalue weighted by atomic mass is 16.2. The fourth-order valence-corrected chi connectivity index (χ4v) is 2.86. The summed E-state index contributed by atoms with van der Waals surface area (Å²) in [5, 5.41) is 2.63. The van der Waals surface area contributed by atoms with E-state index in [2.05, 4.69) is 10.2 Å². The molecule has 1 saturated heterocycles. The topological polar surface area (TPSA) is 57.6 Å². The standard InChI is InChI=1S/C18H22N4O2/c1-19-17(23)14-20-10-12-22(13-11-20)18(24)15-4-6-16(7-5-15)21-8-2-3-9-21/h2-9H,10-14H2,1H3,(H,19,23). The van der Waals surface area contributed by atoms with E-state index in [1.807, 2.05) is 58.3 Å². The minimum Gasteiger partial charge on any atom is -0.358 e. The fraction of sp³-hybridized carbons (Fsp3) is 0.333. The number of nitrogens with zero attached hydrogens (tertiary/aromatic N) is 3. The molecule has 1 fully saturated rings. The number of hydrogen-bond acceptors (Lipinski definition) is 3. The van der Waals surface area contributed by atoms with Gasteiger partial charge in [0.15, 0.2) is 0 Å². The molecule has 24 heavy (non-hydrogen) atoms. The van der Waals surface area contributed by atoms with E-state index < -0.39 is 0 Å². The van der Waals surface area contributed by atoms with Crippen LogP contribution in [0.3, 0.4) is 0 Å². The van der Waals surface area contributed by atoms with Crippen molar-refractivity contribution in [3.8, 4) is 5.69 Å². The number of nitrogens with one attached hydrogen (secondary N) is 1. The Morgan fingerprint density at radius 3 is 2.21 bits per heavy atom. The predicted octanol–water partition coefficient (Wildman–Crippen LogP) is 0.981. The Kier molecular flexibility index (Phi) is 4.96. The van der Waals surface area contributed by atoms with Gasteiger partial charge >= 0.3 is 0 Å². The zero-order valence-electron chi connectivity index (χ0n) is 13.8. The van der Waals surface area contributed by atoms with E-state index in [9.17, 15) is 9.59 Å². The number of hydrogen-bond donors (Lipinski definition) is 1. The van der Waals surface area contributed by atoms with E-state index in [4.69, 9.17) is 0 Å². The molecule has 126 valence electrons. The van der Waals surface area contributed by atoms with Crippen molar-refractivity contribution in [1.82, 2.24) is 19.7 Å². The van der Waals surface area contributed by atoms with Crippen LogP contribution in [0.4, 0.5) is 0 Å². The summed E-state index contributed by atoms with van der Waals surface area (Å²) in [5.74, 6) is 0.0593. The number of likely N-dealkylation sites (N-methyl/N-ethyl adjacent to an activating group) is 1. The van der Waals surface area contributed by atoms with E-state index in [0.29, 0.717) is 25.2 Å². The number of aromatic nitrogens is 1. The number of benzene rings is 1. The van der Waals surface area contributed by atoms with Crippen LogP contribution in [0, 0.1) is 0 Å². The van der Waals surface area contributed by atoms with Crippen molar-refractivity contribution in [3.63, 3.8) is 0 Å². The maximum atomic E-state index is 12.6. The quantitative estimate of drug-likeness (QED) is 0.911. The van der Waals surface area contributed by atoms with Gasteiger partial charge in [-0.1, -0.05) is 0 Å². The highest BCUT2D eigenvalue weighted by Crippen LogP contribution is 2.13. The first-order valence-electron chi connectivity index (χ1n) is 8.13. The second-order valence-corrected chi connectivity index (χ2v) is 5.88. The van der Waals surface area contributed by atoms with Crippen LogP contribution in [0.25, 0.3) is 5.69 Å². The lowest BCUT2D eigenvalue weighted by atomic mass is 10.1. The molecule has 1 aromatic heterocycles. The maximum Gasteiger partial charge on any atom is 0.253 e. The van der Waals surface area contributed by atoms with Gasteiger partial charge in [0, 0.05) is 56.9 Å². The zero-order valence-corrected chi connectivity index (χ0v) is 13.8. The monoisotopic (exact) mass is 326 g/mol. The summed E-state index contributed by atoms with van der Waals surface area (Å²) < 4.78 is 2.01. The van der Waals surface area contributed by atoms with Crippen molar-refractivity contribution in [2.45, 2.75) is 0 Å². The predicted molar refractivity (Wildman–Crippen MR) is 92.2 cm³/mol. The molecule has 1 aromatic carbocycles. The Bertz CT molecular complexity index is 686. The van der Waals surface area contributed by atoms with Gasteiger partial charge in [-0.3, -0.25) is 14.5 Å². The summed E-state index contributed by atoms with van der Waals surface area (Å²) in [7, 11) is 1.64. The van der Waals surface area contributed by atoms with Gasteiger partial charge in [-0.2, -0.15) is 0 Å². The SMILES string of the molecule is CNC(=O)CN1CCN(C(=O)c2ccc(-n3cccc3)cc2)CC1. The van der Waals surface area contributed by atoms with Crippen LogP contribution >= 0.6 is 0 Å². The third-order valence-electron chi connectivity index (χ3n) is 4.32. The number of piperazine rings is 1. The van der Waals surface area contributed by atoms with Gasteiger partial charge in [-0.05, 0) is 36.4 Å². The fourth-order valence-electron chi connectivity index (χ4n) is 2.86. The summed E-state index contributed by atoms with van der Waals surface area (Å²) in [5.41, 5.74) is 1.73. The molecule has 2 amide bonds. The minimum atomic E-state index is 0.00961. The molecular weight excluding hydrogens is 304 g/mol. The number of carbonyl (C=O) groups excluding carboxylic acids is 2. The average Bonchev–Trinajstić information content (AvgIpc) is 3.16. The Balaban J connectivity index is 1.58. The third kappa shape index (κ3) is 3.65. The van der Waals surface area contributed by atoms with Crippen LogP contribution in [0.5, 0.6) is 0 Å². The molecule has 0 aliphatic carbocycles. The molecular formula is C18H22N4O2. The lowest BCUT2D eigenvalue weighted by Gasteiger charge is -2.34. The number of rotatable bonds is 4. The Hall–Kier alpha value is -2.60. The second-order valence-electron chi connectivity index (χ2n) is 5.88. The van der Waals surface area contributed by atoms with Crippen molar-refractivity contribution in [1.29, 1.82) is 0 Å². The van der Waals surface area contributed by atoms with E-state index in [1.54, 1.807) is 7.05 Å². The van der Waals surface area contributed by atoms with Gasteiger partial charge in [-0.25, -0.2) is 0 Å². The molecule has 0 unspecified atom stereocenters. The molecule has 0 atom stereocenters. The Labute approximate surface area is 141 Å². The van der Waals surface area contributed by atoms with Crippen LogP contribution in [0.15, 0.2) is 48.8 Å². The van der Waals surface area contributed by atoms with Crippen LogP contribution < -0.4 is 5.32 Å². The molecule has 3 rings (SSSR count). The molecule has 1 aliphatic heterocycles. The van der Waals surface area contributed by atoms with Crippen LogP contribution in [-0.4, -0.2) is 66.0 Å². The van der Waals surface area contributed by atoms with Crippen molar-refractivity contribution < 1.29 is 9.59 Å². The van der Waals surface area contributed by atoms with Crippen LogP contribution in [-0.2, 0) is 4.79 Å². The largest absolute Gasteiger partial charge is 0.358 e. The Morgan fingerprint density at radius 1 is 1.00 bits per heavy atom. The molecule has 1 aliphatic rings. The van der Waals surface area contributed by atoms with Gasteiger partial charge in [0.05, 0.1) is 6.54 Å². The number of amides is 2. The highest BCUT2D eigenvalue weighted by Gasteiger charge is 2.23. The summed E-state index contributed by atoms with van der Waals surface area (Å²) in [6.07, 6.45) is 3.95. The molecule has 2 aromatic rings. The van der Waals surface area contributed by atoms with E-state index in [1.165, 1.54) is 0 Å². The molecule has 0 saturated carbocycles. The molecule has 6 heteroatoms. The van der Waals surface area contributed by atoms with Gasteiger partial charge in [0.1, 0.15) is 0 Å². The smallest absolute Gasteiger partial charge is 0.253 e. The molecule has 1 N–H and O–H groups in total. The van der Waals surface area contributed by atoms with Crippen LogP contribution in [0.2, 0.25) is 0 Å². The van der Waals surface area contributed by atoms with Gasteiger partial charge in [0.2, 0.25) is 5.91 Å². The Morgan fingerprint density at radius 2 is 1.62 bits per heavy atom. The number of carbonyl (C=O) groups is 2. The van der Waals surface area contributed by atoms with Crippen molar-refractivity contribution >= 4 is 11.8 Å². The van der Waals surface area contributed by atoms with Gasteiger partial charge in [-0.15, -0.1) is 0 Å². The first kappa shape index (κ1) is 16.3. The van der Waals surface area contributed by atoms with Crippen LogP contribution in [0.1, 0.15) is 10.4 Å². The van der Waals surface area contributed by atoms with E-state index in [0.717, 1.165) is 18.8 Å². The van der Waals surface area contributed by atoms with Crippen molar-refractivity contribution in [3.05, 3.63) is 54.4 Å². The molecule has 0 radical (unpaired) electrons. The average molecular weight is 326 g/mol. The summed E-state index contributed by atoms with van der Waals surface area (Å²) in [6, 6.07) is 11.6. The molecule has 6 nitrogen and oxygen atoms in total. The lowest BCUT2D eigenvalue weighted by molar-refractivity contribution is -0.122. The summed E-state index contributed by atoms with van der Waals surface area (Å²) in [4.78, 5) is 27.9. The molecule has 0 spiro atoms. The first-order valence-corrected chi connectivity index (χ1v) is 8.13. The summed E-state index contributed by atoms with van der Waals surface area (Å²) >= 11 is 0. The first-order chi connectivity index (χ1) is 11.7. The van der Waals surface area contributed by atoms with E-state index >= 15 is 0 Å². The maximum absolute atomic E-state index is 12.6. The van der Waals surface area contributed by atoms with Crippen molar-refractivity contribution in [2.24, 2.45) is 0 Å². The molecule has 0 bridgehead atoms. The third-order valence-corrected chi connectivity index (χ3v) is 4.32. The van der Waals surface area contributed by atoms with E-state index in [-0.39, 0.29) is 11.8 Å². The normalized spacial score (nSPS) is 15.3. The van der Waals surface area contributed by atoms with Gasteiger partial charge in [0.25, 0.3) is 5.91 Å². The summed E-state index contributed by atoms with van der Waals surface area (Å²) in [6.45, 7) is 3.13. The molecule has 2 heterocycles. The van der Waals surface area contributed by atoms with Crippen molar-refractivity contribution in [2.75, 3.05) is 39.8 Å². The lowest BCUT2D eigenvalue weighted by Crippen LogP contribution is -2.50. The minimum absolute atomic E-state index is 0.00961. The zero-order chi connectivity index (χ0) is 16.9. The highest BCUT2D eigenvalue weighted by molar-refractivity contribution is 5.94. The van der Waals surface area contributed by atoms with Gasteiger partial charge < -0.3 is 14.8 Å². The second kappa shape index (κ2) is 7.31.